The number of carbonyl (C=O) groups excluding carboxylic acids is 2. The van der Waals surface area contributed by atoms with Gasteiger partial charge in [-0.15, -0.1) is 0 Å². The van der Waals surface area contributed by atoms with E-state index in [0.29, 0.717) is 24.2 Å². The molecule has 88 valence electrons. The maximum Gasteiger partial charge on any atom is 0.343 e. The number of ether oxygens (including phenoxy) is 1. The Hall–Kier alpha value is -1.90. The van der Waals surface area contributed by atoms with Crippen molar-refractivity contribution >= 4 is 11.8 Å². The van der Waals surface area contributed by atoms with Gasteiger partial charge < -0.3 is 4.74 Å². The van der Waals surface area contributed by atoms with Crippen molar-refractivity contribution in [3.63, 3.8) is 0 Å². The largest absolute Gasteiger partial charge is 0.427 e. The van der Waals surface area contributed by atoms with E-state index in [4.69, 9.17) is 4.74 Å². The standard InChI is InChI=1S/C14H14O3/c1-10-7-12(15)9-13(8-10)17-14(16)11-5-3-2-4-6-11/h2-6,9-10H,7-8H2,1H3. The van der Waals surface area contributed by atoms with Crippen LogP contribution in [0.1, 0.15) is 30.1 Å². The predicted octanol–water partition coefficient (Wildman–Crippen LogP) is 2.73. The lowest BCUT2D eigenvalue weighted by Gasteiger charge is -2.17. The number of hydrogen-bond donors (Lipinski definition) is 0. The zero-order valence-corrected chi connectivity index (χ0v) is 9.68. The van der Waals surface area contributed by atoms with Crippen LogP contribution in [0.5, 0.6) is 0 Å². The van der Waals surface area contributed by atoms with E-state index in [2.05, 4.69) is 0 Å². The molecular weight excluding hydrogens is 216 g/mol. The fraction of sp³-hybridized carbons (Fsp3) is 0.286. The first-order valence-electron chi connectivity index (χ1n) is 5.66. The van der Waals surface area contributed by atoms with Crippen LogP contribution in [0, 0.1) is 5.92 Å². The molecule has 0 aliphatic heterocycles. The summed E-state index contributed by atoms with van der Waals surface area (Å²) in [6, 6.07) is 8.77. The average molecular weight is 230 g/mol. The molecule has 0 amide bonds. The molecule has 1 atom stereocenters. The summed E-state index contributed by atoms with van der Waals surface area (Å²) in [6.07, 6.45) is 2.61. The summed E-state index contributed by atoms with van der Waals surface area (Å²) in [7, 11) is 0. The molecule has 17 heavy (non-hydrogen) atoms. The lowest BCUT2D eigenvalue weighted by atomic mass is 9.94. The summed E-state index contributed by atoms with van der Waals surface area (Å²) in [5.74, 6) is 0.340. The monoisotopic (exact) mass is 230 g/mol. The fourth-order valence-corrected chi connectivity index (χ4v) is 1.88. The maximum atomic E-state index is 11.8. The van der Waals surface area contributed by atoms with Gasteiger partial charge in [0.25, 0.3) is 0 Å². The maximum absolute atomic E-state index is 11.8. The topological polar surface area (TPSA) is 43.4 Å². The molecule has 0 spiro atoms. The van der Waals surface area contributed by atoms with Crippen LogP contribution in [0.3, 0.4) is 0 Å². The SMILES string of the molecule is CC1CC(=O)C=C(OC(=O)c2ccccc2)C1. The summed E-state index contributed by atoms with van der Waals surface area (Å²) in [5.41, 5.74) is 0.499. The highest BCUT2D eigenvalue weighted by Crippen LogP contribution is 2.23. The van der Waals surface area contributed by atoms with Gasteiger partial charge >= 0.3 is 5.97 Å². The average Bonchev–Trinajstić information content (AvgIpc) is 2.28. The molecule has 1 aromatic rings. The van der Waals surface area contributed by atoms with Gasteiger partial charge in [-0.3, -0.25) is 4.79 Å². The third-order valence-electron chi connectivity index (χ3n) is 2.65. The molecule has 0 bridgehead atoms. The first kappa shape index (κ1) is 11.6. The van der Waals surface area contributed by atoms with E-state index < -0.39 is 5.97 Å². The lowest BCUT2D eigenvalue weighted by Crippen LogP contribution is -2.15. The Morgan fingerprint density at radius 3 is 2.59 bits per heavy atom. The second-order valence-corrected chi connectivity index (χ2v) is 4.35. The molecule has 1 aromatic carbocycles. The van der Waals surface area contributed by atoms with Crippen LogP contribution in [-0.4, -0.2) is 11.8 Å². The zero-order chi connectivity index (χ0) is 12.3. The Bertz CT molecular complexity index is 460. The van der Waals surface area contributed by atoms with Crippen molar-refractivity contribution in [1.29, 1.82) is 0 Å². The number of hydrogen-bond acceptors (Lipinski definition) is 3. The third-order valence-corrected chi connectivity index (χ3v) is 2.65. The molecule has 0 N–H and O–H groups in total. The number of esters is 1. The summed E-state index contributed by atoms with van der Waals surface area (Å²) < 4.78 is 5.22. The van der Waals surface area contributed by atoms with Crippen LogP contribution in [0.2, 0.25) is 0 Å². The molecule has 0 heterocycles. The van der Waals surface area contributed by atoms with Gasteiger partial charge in [0.05, 0.1) is 5.56 Å². The van der Waals surface area contributed by atoms with E-state index in [9.17, 15) is 9.59 Å². The van der Waals surface area contributed by atoms with Crippen LogP contribution in [0.25, 0.3) is 0 Å². The van der Waals surface area contributed by atoms with Gasteiger partial charge in [0.1, 0.15) is 5.76 Å². The Balaban J connectivity index is 2.07. The van der Waals surface area contributed by atoms with Gasteiger partial charge in [-0.1, -0.05) is 25.1 Å². The minimum Gasteiger partial charge on any atom is -0.427 e. The van der Waals surface area contributed by atoms with E-state index >= 15 is 0 Å². The zero-order valence-electron chi connectivity index (χ0n) is 9.68. The first-order chi connectivity index (χ1) is 8.15. The molecule has 3 nitrogen and oxygen atoms in total. The van der Waals surface area contributed by atoms with Crippen LogP contribution < -0.4 is 0 Å². The first-order valence-corrected chi connectivity index (χ1v) is 5.66. The molecule has 0 saturated carbocycles. The van der Waals surface area contributed by atoms with Crippen LogP contribution in [0.4, 0.5) is 0 Å². The number of benzene rings is 1. The molecule has 1 aliphatic carbocycles. The van der Waals surface area contributed by atoms with E-state index in [-0.39, 0.29) is 11.7 Å². The lowest BCUT2D eigenvalue weighted by molar-refractivity contribution is -0.116. The van der Waals surface area contributed by atoms with Crippen molar-refractivity contribution in [3.8, 4) is 0 Å². The number of rotatable bonds is 2. The van der Waals surface area contributed by atoms with E-state index in [1.165, 1.54) is 6.08 Å². The summed E-state index contributed by atoms with van der Waals surface area (Å²) in [4.78, 5) is 23.1. The summed E-state index contributed by atoms with van der Waals surface area (Å²) in [5, 5.41) is 0. The van der Waals surface area contributed by atoms with Crippen molar-refractivity contribution in [2.45, 2.75) is 19.8 Å². The Morgan fingerprint density at radius 1 is 1.24 bits per heavy atom. The molecule has 0 saturated heterocycles. The Labute approximate surface area is 100 Å². The van der Waals surface area contributed by atoms with E-state index in [1.807, 2.05) is 13.0 Å². The molecule has 0 aromatic heterocycles. The molecule has 0 radical (unpaired) electrons. The second kappa shape index (κ2) is 4.95. The molecule has 2 rings (SSSR count). The van der Waals surface area contributed by atoms with Crippen molar-refractivity contribution in [2.75, 3.05) is 0 Å². The van der Waals surface area contributed by atoms with Crippen molar-refractivity contribution < 1.29 is 14.3 Å². The summed E-state index contributed by atoms with van der Waals surface area (Å²) >= 11 is 0. The number of carbonyl (C=O) groups is 2. The van der Waals surface area contributed by atoms with E-state index in [0.717, 1.165) is 0 Å². The fourth-order valence-electron chi connectivity index (χ4n) is 1.88. The van der Waals surface area contributed by atoms with Gasteiger partial charge in [-0.25, -0.2) is 4.79 Å². The smallest absolute Gasteiger partial charge is 0.343 e. The molecule has 0 fully saturated rings. The van der Waals surface area contributed by atoms with Crippen LogP contribution >= 0.6 is 0 Å². The minimum atomic E-state index is -0.404. The predicted molar refractivity (Wildman–Crippen MR) is 63.3 cm³/mol. The Kier molecular flexibility index (Phi) is 3.38. The highest BCUT2D eigenvalue weighted by molar-refractivity contribution is 5.93. The van der Waals surface area contributed by atoms with Crippen molar-refractivity contribution in [2.24, 2.45) is 5.92 Å². The summed E-state index contributed by atoms with van der Waals surface area (Å²) in [6.45, 7) is 1.97. The number of ketones is 1. The van der Waals surface area contributed by atoms with Crippen molar-refractivity contribution in [3.05, 3.63) is 47.7 Å². The number of allylic oxidation sites excluding steroid dienone is 2. The molecule has 1 unspecified atom stereocenters. The highest BCUT2D eigenvalue weighted by Gasteiger charge is 2.20. The van der Waals surface area contributed by atoms with Crippen molar-refractivity contribution in [1.82, 2.24) is 0 Å². The van der Waals surface area contributed by atoms with Gasteiger partial charge in [0, 0.05) is 18.9 Å². The quantitative estimate of drug-likeness (QED) is 0.734. The molecule has 1 aliphatic rings. The van der Waals surface area contributed by atoms with Gasteiger partial charge in [-0.05, 0) is 18.1 Å². The molecule has 3 heteroatoms. The highest BCUT2D eigenvalue weighted by atomic mass is 16.5. The third kappa shape index (κ3) is 3.03. The van der Waals surface area contributed by atoms with E-state index in [1.54, 1.807) is 24.3 Å². The minimum absolute atomic E-state index is 0.0274. The van der Waals surface area contributed by atoms with Gasteiger partial charge in [-0.2, -0.15) is 0 Å². The molecular formula is C14H14O3. The Morgan fingerprint density at radius 2 is 1.94 bits per heavy atom. The van der Waals surface area contributed by atoms with Gasteiger partial charge in [0.15, 0.2) is 5.78 Å². The van der Waals surface area contributed by atoms with Crippen LogP contribution in [-0.2, 0) is 9.53 Å². The van der Waals surface area contributed by atoms with Crippen LogP contribution in [0.15, 0.2) is 42.2 Å². The second-order valence-electron chi connectivity index (χ2n) is 4.35. The van der Waals surface area contributed by atoms with Gasteiger partial charge in [0.2, 0.25) is 0 Å². The normalized spacial score (nSPS) is 19.7.